The number of fused-ring (bicyclic) bond motifs is 2. The van der Waals surface area contributed by atoms with Crippen LogP contribution in [0.4, 0.5) is 10.9 Å². The SMILES string of the molecule is CC(=O)c1nc(N2CCc3cccc(C(=O)Nc4nc5ccccc5s4)c3C2)ccc1-c1cccc(OCCC2CCN(CC=O)CC2)c1C. The number of hydrogen-bond donors (Lipinski definition) is 1. The van der Waals surface area contributed by atoms with E-state index in [-0.39, 0.29) is 11.7 Å². The maximum absolute atomic E-state index is 13.5. The smallest absolute Gasteiger partial charge is 0.257 e. The molecule has 1 saturated heterocycles. The van der Waals surface area contributed by atoms with Crippen molar-refractivity contribution in [3.63, 3.8) is 0 Å². The van der Waals surface area contributed by atoms with E-state index in [9.17, 15) is 14.4 Å². The van der Waals surface area contributed by atoms with Gasteiger partial charge in [0.25, 0.3) is 5.91 Å². The number of para-hydroxylation sites is 1. The number of nitrogens with one attached hydrogen (secondary N) is 1. The molecule has 2 aromatic heterocycles. The molecular weight excluding hydrogens is 647 g/mol. The van der Waals surface area contributed by atoms with Crippen LogP contribution in [0.1, 0.15) is 63.7 Å². The van der Waals surface area contributed by atoms with Gasteiger partial charge < -0.3 is 14.4 Å². The molecule has 50 heavy (non-hydrogen) atoms. The quantitative estimate of drug-likeness (QED) is 0.113. The first-order valence-corrected chi connectivity index (χ1v) is 18.1. The molecule has 2 aliphatic rings. The first-order valence-electron chi connectivity index (χ1n) is 17.3. The molecule has 0 spiro atoms. The predicted molar refractivity (Wildman–Crippen MR) is 199 cm³/mol. The molecule has 1 fully saturated rings. The van der Waals surface area contributed by atoms with Gasteiger partial charge in [-0.15, -0.1) is 0 Å². The maximum atomic E-state index is 13.5. The van der Waals surface area contributed by atoms with Crippen molar-refractivity contribution in [2.24, 2.45) is 5.92 Å². The minimum absolute atomic E-state index is 0.109. The molecule has 5 aromatic rings. The second-order valence-electron chi connectivity index (χ2n) is 13.2. The van der Waals surface area contributed by atoms with Crippen molar-refractivity contribution < 1.29 is 19.1 Å². The Labute approximate surface area is 296 Å². The average Bonchev–Trinajstić information content (AvgIpc) is 3.55. The zero-order chi connectivity index (χ0) is 34.6. The Morgan fingerprint density at radius 1 is 0.960 bits per heavy atom. The van der Waals surface area contributed by atoms with E-state index >= 15 is 0 Å². The van der Waals surface area contributed by atoms with Crippen molar-refractivity contribution in [2.75, 3.05) is 43.0 Å². The third kappa shape index (κ3) is 7.18. The number of Topliss-reactive ketones (excluding diaryl/α,β-unsaturated/α-hetero) is 1. The fraction of sp³-hybridized carbons (Fsp3) is 0.325. The van der Waals surface area contributed by atoms with Crippen LogP contribution in [0, 0.1) is 12.8 Å². The normalized spacial score (nSPS) is 15.1. The molecule has 0 unspecified atom stereocenters. The van der Waals surface area contributed by atoms with Gasteiger partial charge in [-0.05, 0) is 110 Å². The molecule has 0 saturated carbocycles. The van der Waals surface area contributed by atoms with Gasteiger partial charge in [0.2, 0.25) is 0 Å². The predicted octanol–water partition coefficient (Wildman–Crippen LogP) is 7.36. The van der Waals surface area contributed by atoms with Gasteiger partial charge in [0.1, 0.15) is 23.5 Å². The van der Waals surface area contributed by atoms with Gasteiger partial charge in [-0.1, -0.05) is 47.7 Å². The summed E-state index contributed by atoms with van der Waals surface area (Å²) in [4.78, 5) is 51.3. The number of nitrogens with zero attached hydrogens (tertiary/aromatic N) is 4. The average molecular weight is 688 g/mol. The summed E-state index contributed by atoms with van der Waals surface area (Å²) in [5.41, 5.74) is 6.66. The van der Waals surface area contributed by atoms with Crippen LogP contribution in [0.15, 0.2) is 72.8 Å². The molecule has 256 valence electrons. The highest BCUT2D eigenvalue weighted by Gasteiger charge is 2.25. The molecule has 0 aliphatic carbocycles. The third-order valence-electron chi connectivity index (χ3n) is 9.97. The molecule has 0 atom stereocenters. The van der Waals surface area contributed by atoms with Crippen molar-refractivity contribution in [2.45, 2.75) is 46.1 Å². The van der Waals surface area contributed by atoms with Crippen LogP contribution in [0.2, 0.25) is 0 Å². The van der Waals surface area contributed by atoms with Gasteiger partial charge in [0, 0.05) is 31.1 Å². The van der Waals surface area contributed by atoms with E-state index in [4.69, 9.17) is 9.72 Å². The summed E-state index contributed by atoms with van der Waals surface area (Å²) in [6, 6.07) is 23.6. The van der Waals surface area contributed by atoms with Gasteiger partial charge in [-0.2, -0.15) is 0 Å². The number of pyridine rings is 1. The lowest BCUT2D eigenvalue weighted by Crippen LogP contribution is -2.35. The van der Waals surface area contributed by atoms with Gasteiger partial charge in [0.05, 0.1) is 23.4 Å². The molecule has 1 amide bonds. The van der Waals surface area contributed by atoms with Crippen LogP contribution in [0.5, 0.6) is 5.75 Å². The first kappa shape index (κ1) is 33.6. The maximum Gasteiger partial charge on any atom is 0.257 e. The number of ether oxygens (including phenoxy) is 1. The summed E-state index contributed by atoms with van der Waals surface area (Å²) >= 11 is 1.46. The number of carbonyl (C=O) groups is 3. The Balaban J connectivity index is 1.07. The summed E-state index contributed by atoms with van der Waals surface area (Å²) in [6.45, 7) is 7.87. The Hall–Kier alpha value is -4.93. The fourth-order valence-corrected chi connectivity index (χ4v) is 8.01. The van der Waals surface area contributed by atoms with Crippen LogP contribution in [-0.2, 0) is 17.8 Å². The zero-order valence-corrected chi connectivity index (χ0v) is 29.3. The van der Waals surface area contributed by atoms with Crippen LogP contribution < -0.4 is 15.0 Å². The molecule has 9 nitrogen and oxygen atoms in total. The van der Waals surface area contributed by atoms with Crippen molar-refractivity contribution in [1.29, 1.82) is 0 Å². The number of likely N-dealkylation sites (tertiary alicyclic amines) is 1. The number of aldehydes is 1. The van der Waals surface area contributed by atoms with E-state index in [2.05, 4.69) is 26.2 Å². The van der Waals surface area contributed by atoms with E-state index in [1.807, 2.05) is 73.7 Å². The van der Waals surface area contributed by atoms with Gasteiger partial charge in [-0.25, -0.2) is 9.97 Å². The number of aromatic nitrogens is 2. The number of ketones is 1. The summed E-state index contributed by atoms with van der Waals surface area (Å²) in [5, 5.41) is 3.59. The van der Waals surface area contributed by atoms with Crippen molar-refractivity contribution in [3.05, 3.63) is 101 Å². The van der Waals surface area contributed by atoms with Crippen molar-refractivity contribution in [3.8, 4) is 16.9 Å². The number of piperidine rings is 1. The lowest BCUT2D eigenvalue weighted by molar-refractivity contribution is -0.109. The van der Waals surface area contributed by atoms with E-state index in [0.717, 1.165) is 95.4 Å². The molecule has 0 bridgehead atoms. The van der Waals surface area contributed by atoms with E-state index < -0.39 is 0 Å². The number of anilines is 2. The highest BCUT2D eigenvalue weighted by Crippen LogP contribution is 2.35. The standard InChI is InChI=1S/C40H41N5O4S/c1-26-30(8-6-11-35(26)49-24-18-28-15-19-44(20-16-28)22-23-46)31-13-14-37(42-38(31)27(2)47)45-21-17-29-7-5-9-32(33(29)25-45)39(48)43-40-41-34-10-3-4-12-36(34)50-40/h3-14,23,28H,15-22,24-25H2,1-2H3,(H,41,43,48). The molecule has 1 N–H and O–H groups in total. The highest BCUT2D eigenvalue weighted by atomic mass is 32.1. The molecule has 3 aromatic carbocycles. The second kappa shape index (κ2) is 14.9. The van der Waals surface area contributed by atoms with Crippen LogP contribution in [0.25, 0.3) is 21.3 Å². The van der Waals surface area contributed by atoms with Crippen molar-refractivity contribution >= 4 is 50.5 Å². The van der Waals surface area contributed by atoms with Crippen LogP contribution >= 0.6 is 11.3 Å². The number of thiazole rings is 1. The minimum atomic E-state index is -0.187. The first-order chi connectivity index (χ1) is 24.4. The van der Waals surface area contributed by atoms with Crippen LogP contribution in [0.3, 0.4) is 0 Å². The number of benzene rings is 3. The van der Waals surface area contributed by atoms with E-state index in [0.29, 0.717) is 47.8 Å². The Morgan fingerprint density at radius 2 is 1.78 bits per heavy atom. The largest absolute Gasteiger partial charge is 0.493 e. The Kier molecular flexibility index (Phi) is 10.0. The summed E-state index contributed by atoms with van der Waals surface area (Å²) in [7, 11) is 0. The molecule has 10 heteroatoms. The second-order valence-corrected chi connectivity index (χ2v) is 14.2. The van der Waals surface area contributed by atoms with E-state index in [1.165, 1.54) is 11.3 Å². The van der Waals surface area contributed by atoms with Crippen molar-refractivity contribution in [1.82, 2.24) is 14.9 Å². The lowest BCUT2D eigenvalue weighted by Gasteiger charge is -2.31. The fourth-order valence-electron chi connectivity index (χ4n) is 7.15. The molecule has 0 radical (unpaired) electrons. The molecule has 7 rings (SSSR count). The molecule has 2 aliphatic heterocycles. The van der Waals surface area contributed by atoms with Crippen LogP contribution in [-0.4, -0.2) is 65.6 Å². The summed E-state index contributed by atoms with van der Waals surface area (Å²) in [6.07, 6.45) is 4.87. The third-order valence-corrected chi connectivity index (χ3v) is 10.9. The summed E-state index contributed by atoms with van der Waals surface area (Å²) in [5.74, 6) is 1.81. The monoisotopic (exact) mass is 687 g/mol. The number of hydrogen-bond acceptors (Lipinski definition) is 9. The molecule has 4 heterocycles. The topological polar surface area (TPSA) is 105 Å². The number of amides is 1. The van der Waals surface area contributed by atoms with Gasteiger partial charge in [0.15, 0.2) is 10.9 Å². The zero-order valence-electron chi connectivity index (χ0n) is 28.5. The molecular formula is C40H41N5O4S. The number of rotatable bonds is 11. The minimum Gasteiger partial charge on any atom is -0.493 e. The van der Waals surface area contributed by atoms with Gasteiger partial charge in [-0.3, -0.25) is 19.8 Å². The van der Waals surface area contributed by atoms with E-state index in [1.54, 1.807) is 6.92 Å². The Bertz CT molecular complexity index is 2020. The lowest BCUT2D eigenvalue weighted by atomic mass is 9.94. The number of carbonyl (C=O) groups excluding carboxylic acids is 3. The Morgan fingerprint density at radius 3 is 2.58 bits per heavy atom. The van der Waals surface area contributed by atoms with Gasteiger partial charge >= 0.3 is 0 Å². The highest BCUT2D eigenvalue weighted by molar-refractivity contribution is 7.22. The summed E-state index contributed by atoms with van der Waals surface area (Å²) < 4.78 is 7.31.